The van der Waals surface area contributed by atoms with Gasteiger partial charge in [0.2, 0.25) is 0 Å². The Morgan fingerprint density at radius 2 is 1.79 bits per heavy atom. The molecular weight excluding hydrogens is 431 g/mol. The predicted molar refractivity (Wildman–Crippen MR) is 132 cm³/mol. The fourth-order valence-electron chi connectivity index (χ4n) is 4.95. The molecule has 7 heteroatoms. The minimum atomic E-state index is -0.311. The highest BCUT2D eigenvalue weighted by atomic mass is 19.1. The van der Waals surface area contributed by atoms with Crippen LogP contribution in [0.25, 0.3) is 22.8 Å². The maximum Gasteiger partial charge on any atom is 0.256 e. The number of nitrogens with one attached hydrogen (secondary N) is 3. The summed E-state index contributed by atoms with van der Waals surface area (Å²) in [6.45, 7) is 7.35. The van der Waals surface area contributed by atoms with Gasteiger partial charge in [-0.2, -0.15) is 0 Å². The van der Waals surface area contributed by atoms with Gasteiger partial charge >= 0.3 is 0 Å². The van der Waals surface area contributed by atoms with Crippen molar-refractivity contribution in [1.29, 1.82) is 0 Å². The van der Waals surface area contributed by atoms with Crippen molar-refractivity contribution in [3.63, 3.8) is 0 Å². The zero-order valence-electron chi connectivity index (χ0n) is 19.4. The van der Waals surface area contributed by atoms with E-state index < -0.39 is 0 Å². The van der Waals surface area contributed by atoms with Crippen LogP contribution in [0.2, 0.25) is 0 Å². The topological polar surface area (TPSA) is 77.2 Å². The number of aromatic amines is 1. The average Bonchev–Trinajstić information content (AvgIpc) is 3.32. The van der Waals surface area contributed by atoms with Crippen molar-refractivity contribution >= 4 is 29.2 Å². The number of piperazine rings is 1. The molecule has 2 atom stereocenters. The van der Waals surface area contributed by atoms with E-state index in [4.69, 9.17) is 0 Å². The number of halogens is 1. The number of nitrogens with zero attached hydrogens (tertiary/aromatic N) is 1. The molecular formula is C27H27FN4O2. The molecule has 1 saturated heterocycles. The Morgan fingerprint density at radius 1 is 1.09 bits per heavy atom. The Labute approximate surface area is 197 Å². The highest BCUT2D eigenvalue weighted by Crippen LogP contribution is 2.40. The number of rotatable bonds is 3. The first kappa shape index (κ1) is 22.1. The van der Waals surface area contributed by atoms with Crippen molar-refractivity contribution in [3.05, 3.63) is 76.9 Å². The molecule has 3 aromatic rings. The highest BCUT2D eigenvalue weighted by molar-refractivity contribution is 6.36. The van der Waals surface area contributed by atoms with Gasteiger partial charge in [0.05, 0.1) is 11.1 Å². The van der Waals surface area contributed by atoms with Gasteiger partial charge in [0.1, 0.15) is 5.82 Å². The van der Waals surface area contributed by atoms with Gasteiger partial charge in [-0.3, -0.25) is 9.59 Å². The number of fused-ring (bicyclic) bond motifs is 1. The number of aromatic nitrogens is 1. The molecule has 1 fully saturated rings. The normalized spacial score (nSPS) is 21.0. The lowest BCUT2D eigenvalue weighted by Gasteiger charge is -2.36. The van der Waals surface area contributed by atoms with Crippen molar-refractivity contribution in [1.82, 2.24) is 15.2 Å². The number of H-pyrrole nitrogens is 1. The lowest BCUT2D eigenvalue weighted by atomic mass is 9.94. The quantitative estimate of drug-likeness (QED) is 0.508. The van der Waals surface area contributed by atoms with E-state index in [0.29, 0.717) is 35.6 Å². The van der Waals surface area contributed by atoms with E-state index in [1.165, 1.54) is 12.1 Å². The number of anilines is 1. The van der Waals surface area contributed by atoms with Crippen LogP contribution in [0.3, 0.4) is 0 Å². The van der Waals surface area contributed by atoms with Gasteiger partial charge in [-0.15, -0.1) is 0 Å². The summed E-state index contributed by atoms with van der Waals surface area (Å²) in [4.78, 5) is 31.2. The van der Waals surface area contributed by atoms with E-state index in [2.05, 4.69) is 29.5 Å². The number of benzene rings is 2. The number of hydrogen-bond donors (Lipinski definition) is 3. The maximum absolute atomic E-state index is 13.5. The molecule has 0 unspecified atom stereocenters. The number of carbonyl (C=O) groups is 2. The third kappa shape index (κ3) is 3.92. The summed E-state index contributed by atoms with van der Waals surface area (Å²) in [6, 6.07) is 12.3. The number of carbonyl (C=O) groups excluding carboxylic acids is 2. The largest absolute Gasteiger partial charge is 0.361 e. The molecule has 2 amide bonds. The monoisotopic (exact) mass is 458 g/mol. The zero-order chi connectivity index (χ0) is 24.0. The lowest BCUT2D eigenvalue weighted by molar-refractivity contribution is -0.110. The van der Waals surface area contributed by atoms with E-state index in [1.807, 2.05) is 30.0 Å². The molecule has 0 aliphatic carbocycles. The first-order valence-electron chi connectivity index (χ1n) is 11.5. The highest BCUT2D eigenvalue weighted by Gasteiger charge is 2.30. The molecule has 6 nitrogen and oxygen atoms in total. The van der Waals surface area contributed by atoms with Crippen molar-refractivity contribution in [2.24, 2.45) is 0 Å². The Kier molecular flexibility index (Phi) is 5.57. The molecule has 1 aromatic heterocycles. The van der Waals surface area contributed by atoms with Gasteiger partial charge < -0.3 is 20.5 Å². The minimum Gasteiger partial charge on any atom is -0.361 e. The summed E-state index contributed by atoms with van der Waals surface area (Å²) in [6.07, 6.45) is 3.52. The SMILES string of the molecule is Cc1c(C(=O)N2C[C@@H](C)N[C@@H](C)C2)c[nH]c1/C=C1\C(=O)Nc2cccc(-c3ccc(F)cc3)c21. The molecule has 0 saturated carbocycles. The van der Waals surface area contributed by atoms with Crippen LogP contribution < -0.4 is 10.6 Å². The molecule has 3 heterocycles. The number of amides is 2. The van der Waals surface area contributed by atoms with E-state index in [9.17, 15) is 14.0 Å². The van der Waals surface area contributed by atoms with Crippen molar-refractivity contribution < 1.29 is 14.0 Å². The molecule has 0 radical (unpaired) electrons. The third-order valence-electron chi connectivity index (χ3n) is 6.53. The summed E-state index contributed by atoms with van der Waals surface area (Å²) in [5.41, 5.74) is 5.77. The van der Waals surface area contributed by atoms with Gasteiger partial charge in [-0.1, -0.05) is 24.3 Å². The maximum atomic E-state index is 13.5. The van der Waals surface area contributed by atoms with E-state index in [1.54, 1.807) is 24.4 Å². The number of hydrogen-bond acceptors (Lipinski definition) is 3. The second-order valence-corrected chi connectivity index (χ2v) is 9.17. The summed E-state index contributed by atoms with van der Waals surface area (Å²) >= 11 is 0. The average molecular weight is 459 g/mol. The summed E-state index contributed by atoms with van der Waals surface area (Å²) in [5, 5.41) is 6.37. The Hall–Kier alpha value is -3.71. The van der Waals surface area contributed by atoms with Crippen LogP contribution in [0.1, 0.15) is 41.0 Å². The molecule has 2 aliphatic rings. The zero-order valence-corrected chi connectivity index (χ0v) is 19.4. The van der Waals surface area contributed by atoms with Crippen LogP contribution in [0.15, 0.2) is 48.7 Å². The Balaban J connectivity index is 1.52. The smallest absolute Gasteiger partial charge is 0.256 e. The lowest BCUT2D eigenvalue weighted by Crippen LogP contribution is -2.55. The van der Waals surface area contributed by atoms with Crippen molar-refractivity contribution in [3.8, 4) is 11.1 Å². The minimum absolute atomic E-state index is 0.0122. The summed E-state index contributed by atoms with van der Waals surface area (Å²) in [7, 11) is 0. The molecule has 5 rings (SSSR count). The van der Waals surface area contributed by atoms with Gasteiger partial charge in [0.25, 0.3) is 11.8 Å². The van der Waals surface area contributed by atoms with E-state index in [0.717, 1.165) is 22.3 Å². The molecule has 2 aliphatic heterocycles. The van der Waals surface area contributed by atoms with Crippen LogP contribution >= 0.6 is 0 Å². The van der Waals surface area contributed by atoms with Gasteiger partial charge in [-0.05, 0) is 61.7 Å². The molecule has 0 spiro atoms. The van der Waals surface area contributed by atoms with Crippen LogP contribution in [0.4, 0.5) is 10.1 Å². The van der Waals surface area contributed by atoms with Gasteiger partial charge in [-0.25, -0.2) is 4.39 Å². The molecule has 34 heavy (non-hydrogen) atoms. The third-order valence-corrected chi connectivity index (χ3v) is 6.53. The Morgan fingerprint density at radius 3 is 2.50 bits per heavy atom. The van der Waals surface area contributed by atoms with E-state index >= 15 is 0 Å². The van der Waals surface area contributed by atoms with Crippen LogP contribution in [0, 0.1) is 12.7 Å². The van der Waals surface area contributed by atoms with Gasteiger partial charge in [0.15, 0.2) is 0 Å². The molecule has 174 valence electrons. The van der Waals surface area contributed by atoms with Crippen LogP contribution in [-0.2, 0) is 4.79 Å². The Bertz CT molecular complexity index is 1300. The van der Waals surface area contributed by atoms with E-state index in [-0.39, 0.29) is 29.7 Å². The van der Waals surface area contributed by atoms with Crippen LogP contribution in [0.5, 0.6) is 0 Å². The first-order chi connectivity index (χ1) is 16.3. The molecule has 2 aromatic carbocycles. The summed E-state index contributed by atoms with van der Waals surface area (Å²) < 4.78 is 13.5. The van der Waals surface area contributed by atoms with Crippen LogP contribution in [-0.4, -0.2) is 46.9 Å². The fraction of sp³-hybridized carbons (Fsp3) is 0.259. The summed E-state index contributed by atoms with van der Waals surface area (Å²) in [5.74, 6) is -0.535. The fourth-order valence-corrected chi connectivity index (χ4v) is 4.95. The van der Waals surface area contributed by atoms with Gasteiger partial charge in [0, 0.05) is 48.3 Å². The van der Waals surface area contributed by atoms with Crippen molar-refractivity contribution in [2.45, 2.75) is 32.9 Å². The molecule has 0 bridgehead atoms. The predicted octanol–water partition coefficient (Wildman–Crippen LogP) is 4.44. The molecule has 3 N–H and O–H groups in total. The van der Waals surface area contributed by atoms with Crippen molar-refractivity contribution in [2.75, 3.05) is 18.4 Å². The standard InChI is InChI=1S/C27H27FN4O2/c1-15-13-32(14-16(2)30-15)27(34)22-12-29-24(17(22)3)11-21-25-20(18-7-9-19(28)10-8-18)5-4-6-23(25)31-26(21)33/h4-12,15-16,29-30H,13-14H2,1-3H3,(H,31,33)/b21-11-/t15-,16+. The second kappa shape index (κ2) is 8.57. The first-order valence-corrected chi connectivity index (χ1v) is 11.5. The second-order valence-electron chi connectivity index (χ2n) is 9.17.